The SMILES string of the molecule is C=C(C)OCOCCCCOC(=O)NCCOC(=O)C(=C)C. The molecule has 1 N–H and O–H groups in total. The molecule has 0 heterocycles. The van der Waals surface area contributed by atoms with E-state index < -0.39 is 12.1 Å². The molecule has 126 valence electrons. The summed E-state index contributed by atoms with van der Waals surface area (Å²) in [6.07, 6.45) is 0.895. The number of hydrogen-bond acceptors (Lipinski definition) is 6. The second-order valence-corrected chi connectivity index (χ2v) is 4.56. The summed E-state index contributed by atoms with van der Waals surface area (Å²) >= 11 is 0. The van der Waals surface area contributed by atoms with Gasteiger partial charge in [-0.3, -0.25) is 0 Å². The molecule has 0 saturated carbocycles. The maximum Gasteiger partial charge on any atom is 0.407 e. The van der Waals surface area contributed by atoms with Crippen LogP contribution in [0.25, 0.3) is 0 Å². The number of esters is 1. The second kappa shape index (κ2) is 12.7. The van der Waals surface area contributed by atoms with Gasteiger partial charge in [0, 0.05) is 5.57 Å². The van der Waals surface area contributed by atoms with Gasteiger partial charge in [0.15, 0.2) is 6.79 Å². The van der Waals surface area contributed by atoms with Gasteiger partial charge in [-0.25, -0.2) is 9.59 Å². The fourth-order valence-corrected chi connectivity index (χ4v) is 1.14. The first-order valence-corrected chi connectivity index (χ1v) is 7.02. The number of carbonyl (C=O) groups excluding carboxylic acids is 2. The first-order chi connectivity index (χ1) is 10.4. The van der Waals surface area contributed by atoms with Crippen LogP contribution in [-0.4, -0.2) is 45.2 Å². The van der Waals surface area contributed by atoms with Crippen molar-refractivity contribution in [3.8, 4) is 0 Å². The Bertz CT molecular complexity index is 380. The molecule has 0 aromatic heterocycles. The summed E-state index contributed by atoms with van der Waals surface area (Å²) in [5.74, 6) is 0.125. The van der Waals surface area contributed by atoms with E-state index in [4.69, 9.17) is 18.9 Å². The largest absolute Gasteiger partial charge is 0.473 e. The maximum atomic E-state index is 11.3. The third-order valence-electron chi connectivity index (χ3n) is 2.26. The third kappa shape index (κ3) is 13.0. The molecule has 7 heteroatoms. The predicted molar refractivity (Wildman–Crippen MR) is 81.1 cm³/mol. The topological polar surface area (TPSA) is 83.1 Å². The lowest BCUT2D eigenvalue weighted by molar-refractivity contribution is -0.138. The Morgan fingerprint density at radius 2 is 1.64 bits per heavy atom. The lowest BCUT2D eigenvalue weighted by Crippen LogP contribution is -2.29. The van der Waals surface area contributed by atoms with Gasteiger partial charge in [-0.1, -0.05) is 13.2 Å². The van der Waals surface area contributed by atoms with Crippen LogP contribution < -0.4 is 5.32 Å². The van der Waals surface area contributed by atoms with E-state index in [0.717, 1.165) is 6.42 Å². The van der Waals surface area contributed by atoms with Crippen LogP contribution in [0.2, 0.25) is 0 Å². The highest BCUT2D eigenvalue weighted by atomic mass is 16.7. The number of alkyl carbamates (subject to hydrolysis) is 1. The molecule has 7 nitrogen and oxygen atoms in total. The van der Waals surface area contributed by atoms with Crippen molar-refractivity contribution in [3.05, 3.63) is 24.5 Å². The molecular formula is C15H25NO6. The quantitative estimate of drug-likeness (QED) is 0.195. The summed E-state index contributed by atoms with van der Waals surface area (Å²) in [6, 6.07) is 0. The zero-order valence-electron chi connectivity index (χ0n) is 13.3. The Balaban J connectivity index is 3.34. The molecular weight excluding hydrogens is 290 g/mol. The number of rotatable bonds is 12. The van der Waals surface area contributed by atoms with E-state index in [9.17, 15) is 9.59 Å². The summed E-state index contributed by atoms with van der Waals surface area (Å²) in [7, 11) is 0. The van der Waals surface area contributed by atoms with Crippen molar-refractivity contribution >= 4 is 12.1 Å². The molecule has 0 aromatic rings. The van der Waals surface area contributed by atoms with Crippen molar-refractivity contribution in [2.45, 2.75) is 26.7 Å². The standard InChI is InChI=1S/C15H25NO6/c1-12(2)14(17)20-10-7-16-15(18)21-9-6-5-8-19-11-22-13(3)4/h1,3,5-11H2,2,4H3,(H,16,18). The second-order valence-electron chi connectivity index (χ2n) is 4.56. The molecule has 0 spiro atoms. The number of ether oxygens (including phenoxy) is 4. The van der Waals surface area contributed by atoms with E-state index in [0.29, 0.717) is 31.0 Å². The van der Waals surface area contributed by atoms with E-state index in [1.165, 1.54) is 0 Å². The fraction of sp³-hybridized carbons (Fsp3) is 0.600. The number of unbranched alkanes of at least 4 members (excludes halogenated alkanes) is 1. The van der Waals surface area contributed by atoms with Crippen LogP contribution in [0.5, 0.6) is 0 Å². The highest BCUT2D eigenvalue weighted by Crippen LogP contribution is 1.95. The maximum absolute atomic E-state index is 11.3. The highest BCUT2D eigenvalue weighted by molar-refractivity contribution is 5.86. The zero-order valence-corrected chi connectivity index (χ0v) is 13.3. The van der Waals surface area contributed by atoms with Crippen LogP contribution >= 0.6 is 0 Å². The van der Waals surface area contributed by atoms with Gasteiger partial charge < -0.3 is 24.3 Å². The van der Waals surface area contributed by atoms with Crippen LogP contribution in [0, 0.1) is 0 Å². The van der Waals surface area contributed by atoms with E-state index in [1.54, 1.807) is 13.8 Å². The minimum absolute atomic E-state index is 0.0807. The first kappa shape index (κ1) is 20.0. The number of carbonyl (C=O) groups is 2. The van der Waals surface area contributed by atoms with E-state index in [2.05, 4.69) is 18.5 Å². The molecule has 0 radical (unpaired) electrons. The molecule has 22 heavy (non-hydrogen) atoms. The number of allylic oxidation sites excluding steroid dienone is 1. The summed E-state index contributed by atoms with van der Waals surface area (Å²) in [4.78, 5) is 22.3. The van der Waals surface area contributed by atoms with Crippen LogP contribution in [-0.2, 0) is 23.7 Å². The molecule has 0 fully saturated rings. The fourth-order valence-electron chi connectivity index (χ4n) is 1.14. The van der Waals surface area contributed by atoms with Crippen molar-refractivity contribution < 1.29 is 28.5 Å². The van der Waals surface area contributed by atoms with Gasteiger partial charge in [-0.15, -0.1) is 0 Å². The Kier molecular flexibility index (Phi) is 11.5. The Morgan fingerprint density at radius 1 is 0.955 bits per heavy atom. The molecule has 0 aliphatic carbocycles. The summed E-state index contributed by atoms with van der Waals surface area (Å²) in [5.41, 5.74) is 0.318. The van der Waals surface area contributed by atoms with Crippen molar-refractivity contribution in [3.63, 3.8) is 0 Å². The van der Waals surface area contributed by atoms with Gasteiger partial charge in [0.1, 0.15) is 6.61 Å². The van der Waals surface area contributed by atoms with Crippen LogP contribution in [0.3, 0.4) is 0 Å². The number of hydrogen-bond donors (Lipinski definition) is 1. The number of amides is 1. The van der Waals surface area contributed by atoms with Crippen molar-refractivity contribution in [1.82, 2.24) is 5.32 Å². The first-order valence-electron chi connectivity index (χ1n) is 7.02. The van der Waals surface area contributed by atoms with Gasteiger partial charge in [0.05, 0.1) is 25.5 Å². The normalized spacial score (nSPS) is 9.73. The van der Waals surface area contributed by atoms with Crippen molar-refractivity contribution in [1.29, 1.82) is 0 Å². The molecule has 1 amide bonds. The predicted octanol–water partition coefficient (Wildman–Crippen LogP) is 2.14. The van der Waals surface area contributed by atoms with Gasteiger partial charge in [-0.2, -0.15) is 0 Å². The van der Waals surface area contributed by atoms with Crippen LogP contribution in [0.15, 0.2) is 24.5 Å². The highest BCUT2D eigenvalue weighted by Gasteiger charge is 2.04. The monoisotopic (exact) mass is 315 g/mol. The molecule has 0 aliphatic heterocycles. The lowest BCUT2D eigenvalue weighted by Gasteiger charge is -2.08. The lowest BCUT2D eigenvalue weighted by atomic mass is 10.3. The Hall–Kier alpha value is -2.02. The van der Waals surface area contributed by atoms with Gasteiger partial charge in [-0.05, 0) is 26.7 Å². The summed E-state index contributed by atoms with van der Waals surface area (Å²) in [5, 5.41) is 2.47. The molecule has 0 aromatic carbocycles. The van der Waals surface area contributed by atoms with Crippen molar-refractivity contribution in [2.24, 2.45) is 0 Å². The third-order valence-corrected chi connectivity index (χ3v) is 2.26. The van der Waals surface area contributed by atoms with Gasteiger partial charge in [0.2, 0.25) is 0 Å². The minimum atomic E-state index is -0.544. The average molecular weight is 315 g/mol. The molecule has 0 saturated heterocycles. The average Bonchev–Trinajstić information content (AvgIpc) is 2.45. The zero-order chi connectivity index (χ0) is 16.8. The molecule has 0 aliphatic rings. The van der Waals surface area contributed by atoms with E-state index in [1.807, 2.05) is 0 Å². The molecule has 0 rings (SSSR count). The Labute approximate surface area is 131 Å². The van der Waals surface area contributed by atoms with Crippen molar-refractivity contribution in [2.75, 3.05) is 33.2 Å². The minimum Gasteiger partial charge on any atom is -0.473 e. The van der Waals surface area contributed by atoms with Gasteiger partial charge >= 0.3 is 12.1 Å². The van der Waals surface area contributed by atoms with E-state index >= 15 is 0 Å². The summed E-state index contributed by atoms with van der Waals surface area (Å²) < 4.78 is 19.9. The molecule has 0 bridgehead atoms. The van der Waals surface area contributed by atoms with Crippen LogP contribution in [0.1, 0.15) is 26.7 Å². The smallest absolute Gasteiger partial charge is 0.407 e. The Morgan fingerprint density at radius 3 is 2.27 bits per heavy atom. The van der Waals surface area contributed by atoms with Crippen LogP contribution in [0.4, 0.5) is 4.79 Å². The molecule has 0 atom stereocenters. The molecule has 0 unspecified atom stereocenters. The van der Waals surface area contributed by atoms with Gasteiger partial charge in [0.25, 0.3) is 0 Å². The van der Waals surface area contributed by atoms with E-state index in [-0.39, 0.29) is 19.9 Å². The summed E-state index contributed by atoms with van der Waals surface area (Å²) in [6.45, 7) is 11.6. The number of nitrogens with one attached hydrogen (secondary N) is 1.